The molecule has 1 nitrogen and oxygen atoms in total. The van der Waals surface area contributed by atoms with E-state index in [1.54, 1.807) is 6.07 Å². The van der Waals surface area contributed by atoms with Gasteiger partial charge in [-0.2, -0.15) is 0 Å². The molecule has 0 aliphatic rings. The van der Waals surface area contributed by atoms with Crippen molar-refractivity contribution in [2.24, 2.45) is 0 Å². The first-order valence-corrected chi connectivity index (χ1v) is 4.37. The average molecular weight is 201 g/mol. The van der Waals surface area contributed by atoms with Crippen LogP contribution in [0.5, 0.6) is 0 Å². The molecule has 0 bridgehead atoms. The number of benzene rings is 1. The van der Waals surface area contributed by atoms with Crippen LogP contribution in [0.4, 0.5) is 4.39 Å². The Kier molecular flexibility index (Phi) is 3.43. The van der Waals surface area contributed by atoms with E-state index in [9.17, 15) is 9.18 Å². The fraction of sp³-hybridized carbons (Fsp3) is 0.300. The Hall–Kier alpha value is -0.890. The van der Waals surface area contributed by atoms with Gasteiger partial charge in [-0.1, -0.05) is 24.3 Å². The second kappa shape index (κ2) is 4.38. The molecular weight excluding hydrogens is 191 g/mol. The molecule has 0 aromatic heterocycles. The predicted molar refractivity (Wildman–Crippen MR) is 50.6 cm³/mol. The van der Waals surface area contributed by atoms with Gasteiger partial charge in [-0.15, -0.1) is 0 Å². The van der Waals surface area contributed by atoms with Crippen molar-refractivity contribution in [3.8, 4) is 0 Å². The van der Waals surface area contributed by atoms with Gasteiger partial charge >= 0.3 is 0 Å². The van der Waals surface area contributed by atoms with Crippen molar-refractivity contribution < 1.29 is 9.18 Å². The fourth-order valence-corrected chi connectivity index (χ4v) is 1.19. The van der Waals surface area contributed by atoms with E-state index >= 15 is 0 Å². The van der Waals surface area contributed by atoms with Gasteiger partial charge in [0, 0.05) is 6.42 Å². The molecule has 0 heterocycles. The van der Waals surface area contributed by atoms with Gasteiger partial charge in [-0.05, 0) is 29.7 Å². The van der Waals surface area contributed by atoms with E-state index in [0.29, 0.717) is 0 Å². The van der Waals surface area contributed by atoms with Crippen LogP contribution in [0.1, 0.15) is 11.1 Å². The maximum atomic E-state index is 12.9. The van der Waals surface area contributed by atoms with Crippen molar-refractivity contribution in [3.05, 3.63) is 35.4 Å². The Morgan fingerprint density at radius 3 is 2.69 bits per heavy atom. The molecule has 0 amide bonds. The summed E-state index contributed by atoms with van der Waals surface area (Å²) in [5, 5.41) is -0.928. The highest BCUT2D eigenvalue weighted by molar-refractivity contribution is 6.64. The summed E-state index contributed by atoms with van der Waals surface area (Å²) < 4.78 is 12.9. The van der Waals surface area contributed by atoms with Crippen LogP contribution in [0.3, 0.4) is 0 Å². The first-order chi connectivity index (χ1) is 6.11. The molecule has 1 atom stereocenters. The number of aryl methyl sites for hydroxylation is 1. The lowest BCUT2D eigenvalue weighted by atomic mass is 10.0. The van der Waals surface area contributed by atoms with Crippen molar-refractivity contribution in [1.29, 1.82) is 0 Å². The smallest absolute Gasteiger partial charge is 0.256 e. The quantitative estimate of drug-likeness (QED) is 0.686. The van der Waals surface area contributed by atoms with E-state index in [2.05, 4.69) is 0 Å². The molecule has 0 N–H and O–H groups in total. The van der Waals surface area contributed by atoms with Crippen LogP contribution in [-0.4, -0.2) is 11.4 Å². The Bertz CT molecular complexity index is 312. The maximum Gasteiger partial charge on any atom is 0.256 e. The third kappa shape index (κ3) is 2.81. The standard InChI is InChI=1S/C10H10ClFO/c1-7-4-2-3-5-8(7)6-9(12)10(11)13/h2-5,9H,6H2,1H3. The molecule has 0 spiro atoms. The number of carbonyl (C=O) groups excluding carboxylic acids is 1. The summed E-state index contributed by atoms with van der Waals surface area (Å²) in [6.07, 6.45) is -1.53. The lowest BCUT2D eigenvalue weighted by Gasteiger charge is -2.05. The minimum atomic E-state index is -1.59. The first-order valence-electron chi connectivity index (χ1n) is 3.99. The summed E-state index contributed by atoms with van der Waals surface area (Å²) in [4.78, 5) is 10.4. The summed E-state index contributed by atoms with van der Waals surface area (Å²) in [6, 6.07) is 7.35. The van der Waals surface area contributed by atoms with Crippen LogP contribution in [-0.2, 0) is 11.2 Å². The summed E-state index contributed by atoms with van der Waals surface area (Å²) in [5.74, 6) is 0. The molecule has 13 heavy (non-hydrogen) atoms. The zero-order chi connectivity index (χ0) is 9.84. The average Bonchev–Trinajstić information content (AvgIpc) is 2.08. The van der Waals surface area contributed by atoms with Gasteiger partial charge in [0.15, 0.2) is 6.17 Å². The molecule has 1 rings (SSSR count). The number of hydrogen-bond acceptors (Lipinski definition) is 1. The molecule has 0 fully saturated rings. The predicted octanol–water partition coefficient (Wildman–Crippen LogP) is 2.64. The Morgan fingerprint density at radius 2 is 2.15 bits per heavy atom. The van der Waals surface area contributed by atoms with Crippen molar-refractivity contribution in [2.75, 3.05) is 0 Å². The fourth-order valence-electron chi connectivity index (χ4n) is 1.11. The Labute approximate surface area is 81.5 Å². The molecule has 0 saturated heterocycles. The van der Waals surface area contributed by atoms with E-state index in [4.69, 9.17) is 11.6 Å². The van der Waals surface area contributed by atoms with Crippen LogP contribution in [0.2, 0.25) is 0 Å². The zero-order valence-electron chi connectivity index (χ0n) is 7.26. The number of carbonyl (C=O) groups is 1. The minimum absolute atomic E-state index is 0.0645. The highest BCUT2D eigenvalue weighted by Gasteiger charge is 2.15. The lowest BCUT2D eigenvalue weighted by Crippen LogP contribution is -2.13. The monoisotopic (exact) mass is 200 g/mol. The number of rotatable bonds is 3. The molecular formula is C10H10ClFO. The highest BCUT2D eigenvalue weighted by Crippen LogP contribution is 2.12. The Balaban J connectivity index is 2.74. The number of alkyl halides is 1. The molecule has 1 aromatic rings. The Morgan fingerprint density at radius 1 is 1.54 bits per heavy atom. The molecule has 0 radical (unpaired) electrons. The highest BCUT2D eigenvalue weighted by atomic mass is 35.5. The molecule has 0 aliphatic carbocycles. The van der Waals surface area contributed by atoms with Gasteiger partial charge in [0.1, 0.15) is 0 Å². The van der Waals surface area contributed by atoms with Crippen molar-refractivity contribution in [3.63, 3.8) is 0 Å². The SMILES string of the molecule is Cc1ccccc1CC(F)C(=O)Cl. The van der Waals surface area contributed by atoms with E-state index in [1.807, 2.05) is 25.1 Å². The van der Waals surface area contributed by atoms with Crippen LogP contribution < -0.4 is 0 Å². The number of halogens is 2. The maximum absolute atomic E-state index is 12.9. The summed E-state index contributed by atoms with van der Waals surface area (Å²) in [5.41, 5.74) is 1.80. The van der Waals surface area contributed by atoms with Crippen molar-refractivity contribution >= 4 is 16.8 Å². The van der Waals surface area contributed by atoms with E-state index in [0.717, 1.165) is 11.1 Å². The molecule has 70 valence electrons. The van der Waals surface area contributed by atoms with Crippen LogP contribution >= 0.6 is 11.6 Å². The molecule has 1 unspecified atom stereocenters. The second-order valence-corrected chi connectivity index (χ2v) is 3.27. The van der Waals surface area contributed by atoms with Gasteiger partial charge < -0.3 is 0 Å². The van der Waals surface area contributed by atoms with Crippen LogP contribution in [0, 0.1) is 6.92 Å². The van der Waals surface area contributed by atoms with E-state index < -0.39 is 11.4 Å². The van der Waals surface area contributed by atoms with Crippen LogP contribution in [0.25, 0.3) is 0 Å². The molecule has 3 heteroatoms. The third-order valence-electron chi connectivity index (χ3n) is 1.91. The van der Waals surface area contributed by atoms with E-state index in [-0.39, 0.29) is 6.42 Å². The minimum Gasteiger partial charge on any atom is -0.278 e. The summed E-state index contributed by atoms with van der Waals surface area (Å²) in [7, 11) is 0. The van der Waals surface area contributed by atoms with Gasteiger partial charge in [-0.25, -0.2) is 4.39 Å². The van der Waals surface area contributed by atoms with Gasteiger partial charge in [0.25, 0.3) is 5.24 Å². The number of hydrogen-bond donors (Lipinski definition) is 0. The summed E-state index contributed by atoms with van der Waals surface area (Å²) >= 11 is 5.02. The molecule has 1 aromatic carbocycles. The zero-order valence-corrected chi connectivity index (χ0v) is 8.01. The molecule has 0 saturated carbocycles. The van der Waals surface area contributed by atoms with Crippen molar-refractivity contribution in [2.45, 2.75) is 19.5 Å². The van der Waals surface area contributed by atoms with Crippen LogP contribution in [0.15, 0.2) is 24.3 Å². The van der Waals surface area contributed by atoms with E-state index in [1.165, 1.54) is 0 Å². The topological polar surface area (TPSA) is 17.1 Å². The lowest BCUT2D eigenvalue weighted by molar-refractivity contribution is -0.115. The van der Waals surface area contributed by atoms with Crippen molar-refractivity contribution in [1.82, 2.24) is 0 Å². The largest absolute Gasteiger partial charge is 0.278 e. The normalized spacial score (nSPS) is 12.5. The molecule has 0 aliphatic heterocycles. The third-order valence-corrected chi connectivity index (χ3v) is 2.14. The van der Waals surface area contributed by atoms with Gasteiger partial charge in [-0.3, -0.25) is 4.79 Å². The second-order valence-electron chi connectivity index (χ2n) is 2.90. The summed E-state index contributed by atoms with van der Waals surface area (Å²) in [6.45, 7) is 1.88. The van der Waals surface area contributed by atoms with Gasteiger partial charge in [0.05, 0.1) is 0 Å². The van der Waals surface area contributed by atoms with Gasteiger partial charge in [0.2, 0.25) is 0 Å². The first kappa shape index (κ1) is 10.2.